The monoisotopic (exact) mass is 268 g/mol. The maximum Gasteiger partial charge on any atom is 0.0490 e. The zero-order chi connectivity index (χ0) is 11.0. The van der Waals surface area contributed by atoms with E-state index in [9.17, 15) is 0 Å². The lowest BCUT2D eigenvalue weighted by Gasteiger charge is -2.17. The molecule has 1 fully saturated rings. The number of hydrogen-bond acceptors (Lipinski definition) is 2. The Hall–Kier alpha value is -0.700. The number of nitrogen functional groups attached to an aromatic ring is 1. The fourth-order valence-corrected chi connectivity index (χ4v) is 2.24. The van der Waals surface area contributed by atoms with Crippen molar-refractivity contribution in [2.75, 3.05) is 11.1 Å². The highest BCUT2D eigenvalue weighted by Gasteiger charge is 2.28. The van der Waals surface area contributed by atoms with Crippen molar-refractivity contribution in [2.24, 2.45) is 5.92 Å². The van der Waals surface area contributed by atoms with E-state index in [-0.39, 0.29) is 0 Å². The van der Waals surface area contributed by atoms with Crippen molar-refractivity contribution in [1.82, 2.24) is 0 Å². The maximum absolute atomic E-state index is 5.83. The van der Waals surface area contributed by atoms with Gasteiger partial charge in [-0.3, -0.25) is 0 Å². The molecule has 1 aliphatic rings. The van der Waals surface area contributed by atoms with Crippen LogP contribution in [0, 0.1) is 12.8 Å². The molecule has 0 spiro atoms. The van der Waals surface area contributed by atoms with Gasteiger partial charge in [-0.05, 0) is 66.2 Å². The van der Waals surface area contributed by atoms with E-state index >= 15 is 0 Å². The molecule has 2 rings (SSSR count). The van der Waals surface area contributed by atoms with E-state index in [4.69, 9.17) is 5.73 Å². The molecule has 3 heteroatoms. The summed E-state index contributed by atoms with van der Waals surface area (Å²) in [5.74, 6) is 0.856. The number of benzene rings is 1. The minimum Gasteiger partial charge on any atom is -0.398 e. The van der Waals surface area contributed by atoms with Crippen LogP contribution in [0.4, 0.5) is 11.4 Å². The molecule has 1 atom stereocenters. The van der Waals surface area contributed by atoms with Gasteiger partial charge in [0.05, 0.1) is 0 Å². The van der Waals surface area contributed by atoms with Crippen molar-refractivity contribution in [3.05, 3.63) is 22.2 Å². The second-order valence-corrected chi connectivity index (χ2v) is 5.31. The topological polar surface area (TPSA) is 38.0 Å². The van der Waals surface area contributed by atoms with Crippen LogP contribution in [0.1, 0.15) is 25.3 Å². The molecule has 0 heterocycles. The van der Waals surface area contributed by atoms with E-state index in [0.717, 1.165) is 27.3 Å². The highest BCUT2D eigenvalue weighted by atomic mass is 79.9. The fourth-order valence-electron chi connectivity index (χ4n) is 1.77. The number of nitrogens with one attached hydrogen (secondary N) is 1. The number of hydrogen-bond donors (Lipinski definition) is 2. The Morgan fingerprint density at radius 1 is 1.47 bits per heavy atom. The molecule has 0 bridgehead atoms. The van der Waals surface area contributed by atoms with Gasteiger partial charge in [-0.2, -0.15) is 0 Å². The number of nitrogens with two attached hydrogens (primary N) is 1. The van der Waals surface area contributed by atoms with Gasteiger partial charge < -0.3 is 11.1 Å². The Kier molecular flexibility index (Phi) is 2.91. The van der Waals surface area contributed by atoms with Crippen LogP contribution in [0.25, 0.3) is 0 Å². The number of aryl methyl sites for hydroxylation is 1. The predicted octanol–water partition coefficient (Wildman–Crippen LogP) is 3.55. The second kappa shape index (κ2) is 4.05. The third kappa shape index (κ3) is 2.46. The SMILES string of the molecule is Cc1cc(NC(C)C2CC2)c(Br)cc1N. The molecule has 1 aromatic rings. The van der Waals surface area contributed by atoms with Gasteiger partial charge in [-0.25, -0.2) is 0 Å². The Bertz CT molecular complexity index is 372. The third-order valence-corrected chi connectivity index (χ3v) is 3.72. The maximum atomic E-state index is 5.83. The summed E-state index contributed by atoms with van der Waals surface area (Å²) in [5.41, 5.74) is 8.96. The first-order valence-corrected chi connectivity index (χ1v) is 6.19. The quantitative estimate of drug-likeness (QED) is 0.823. The number of halogens is 1. The molecule has 0 radical (unpaired) electrons. The van der Waals surface area contributed by atoms with Crippen LogP contribution in [-0.4, -0.2) is 6.04 Å². The normalized spacial score (nSPS) is 17.5. The lowest BCUT2D eigenvalue weighted by Crippen LogP contribution is -2.17. The molecule has 1 aliphatic carbocycles. The summed E-state index contributed by atoms with van der Waals surface area (Å²) in [5, 5.41) is 3.54. The average Bonchev–Trinajstić information content (AvgIpc) is 2.97. The average molecular weight is 269 g/mol. The summed E-state index contributed by atoms with van der Waals surface area (Å²) in [7, 11) is 0. The predicted molar refractivity (Wildman–Crippen MR) is 69.1 cm³/mol. The highest BCUT2D eigenvalue weighted by molar-refractivity contribution is 9.10. The van der Waals surface area contributed by atoms with Gasteiger partial charge in [0.2, 0.25) is 0 Å². The zero-order valence-electron chi connectivity index (χ0n) is 9.18. The van der Waals surface area contributed by atoms with Crippen LogP contribution in [0.5, 0.6) is 0 Å². The highest BCUT2D eigenvalue weighted by Crippen LogP contribution is 2.36. The van der Waals surface area contributed by atoms with Crippen LogP contribution in [-0.2, 0) is 0 Å². The van der Waals surface area contributed by atoms with Crippen LogP contribution in [0.15, 0.2) is 16.6 Å². The zero-order valence-corrected chi connectivity index (χ0v) is 10.8. The van der Waals surface area contributed by atoms with Crippen LogP contribution in [0.3, 0.4) is 0 Å². The summed E-state index contributed by atoms with van der Waals surface area (Å²) < 4.78 is 1.05. The summed E-state index contributed by atoms with van der Waals surface area (Å²) in [6, 6.07) is 4.64. The molecule has 0 aliphatic heterocycles. The molecule has 15 heavy (non-hydrogen) atoms. The Morgan fingerprint density at radius 3 is 2.73 bits per heavy atom. The van der Waals surface area contributed by atoms with Crippen molar-refractivity contribution in [3.63, 3.8) is 0 Å². The van der Waals surface area contributed by atoms with Crippen LogP contribution >= 0.6 is 15.9 Å². The molecular formula is C12H17BrN2. The lowest BCUT2D eigenvalue weighted by molar-refractivity contribution is 0.694. The van der Waals surface area contributed by atoms with Gasteiger partial charge >= 0.3 is 0 Å². The molecule has 0 aromatic heterocycles. The molecule has 2 nitrogen and oxygen atoms in total. The molecule has 82 valence electrons. The van der Waals surface area contributed by atoms with E-state index in [0.29, 0.717) is 6.04 Å². The molecule has 1 saturated carbocycles. The van der Waals surface area contributed by atoms with Gasteiger partial charge in [0.1, 0.15) is 0 Å². The summed E-state index contributed by atoms with van der Waals surface area (Å²) in [4.78, 5) is 0. The van der Waals surface area contributed by atoms with Gasteiger partial charge in [-0.15, -0.1) is 0 Å². The molecule has 1 aromatic carbocycles. The summed E-state index contributed by atoms with van der Waals surface area (Å²) >= 11 is 3.54. The smallest absolute Gasteiger partial charge is 0.0490 e. The van der Waals surface area contributed by atoms with Gasteiger partial charge in [0.25, 0.3) is 0 Å². The first-order valence-electron chi connectivity index (χ1n) is 5.40. The van der Waals surface area contributed by atoms with Crippen molar-refractivity contribution < 1.29 is 0 Å². The third-order valence-electron chi connectivity index (χ3n) is 3.07. The lowest BCUT2D eigenvalue weighted by atomic mass is 10.1. The van der Waals surface area contributed by atoms with Crippen molar-refractivity contribution in [1.29, 1.82) is 0 Å². The van der Waals surface area contributed by atoms with Gasteiger partial charge in [-0.1, -0.05) is 0 Å². The number of rotatable bonds is 3. The largest absolute Gasteiger partial charge is 0.398 e. The van der Waals surface area contributed by atoms with E-state index in [1.807, 2.05) is 13.0 Å². The van der Waals surface area contributed by atoms with Crippen LogP contribution < -0.4 is 11.1 Å². The molecular weight excluding hydrogens is 252 g/mol. The molecule has 3 N–H and O–H groups in total. The van der Waals surface area contributed by atoms with Gasteiger partial charge in [0, 0.05) is 21.9 Å². The van der Waals surface area contributed by atoms with Gasteiger partial charge in [0.15, 0.2) is 0 Å². The summed E-state index contributed by atoms with van der Waals surface area (Å²) in [6.07, 6.45) is 2.72. The minimum atomic E-state index is 0.560. The summed E-state index contributed by atoms with van der Waals surface area (Å²) in [6.45, 7) is 4.28. The Labute approximate surface area is 99.4 Å². The molecule has 0 saturated heterocycles. The first-order chi connectivity index (χ1) is 7.08. The van der Waals surface area contributed by atoms with Crippen molar-refractivity contribution >= 4 is 27.3 Å². The van der Waals surface area contributed by atoms with E-state index in [2.05, 4.69) is 34.2 Å². The standard InChI is InChI=1S/C12H17BrN2/c1-7-5-12(10(13)6-11(7)14)15-8(2)9-3-4-9/h5-6,8-9,15H,3-4,14H2,1-2H3. The van der Waals surface area contributed by atoms with E-state index in [1.165, 1.54) is 12.8 Å². The van der Waals surface area contributed by atoms with E-state index in [1.54, 1.807) is 0 Å². The fraction of sp³-hybridized carbons (Fsp3) is 0.500. The van der Waals surface area contributed by atoms with Crippen molar-refractivity contribution in [2.45, 2.75) is 32.7 Å². The second-order valence-electron chi connectivity index (χ2n) is 4.46. The first kappa shape index (κ1) is 10.8. The Balaban J connectivity index is 2.16. The minimum absolute atomic E-state index is 0.560. The Morgan fingerprint density at radius 2 is 2.13 bits per heavy atom. The molecule has 0 amide bonds. The van der Waals surface area contributed by atoms with E-state index < -0.39 is 0 Å². The van der Waals surface area contributed by atoms with Crippen molar-refractivity contribution in [3.8, 4) is 0 Å². The van der Waals surface area contributed by atoms with Crippen LogP contribution in [0.2, 0.25) is 0 Å². The molecule has 1 unspecified atom stereocenters. The number of anilines is 2.